The Morgan fingerprint density at radius 2 is 1.88 bits per heavy atom. The van der Waals surface area contributed by atoms with Gasteiger partial charge in [0.1, 0.15) is 5.75 Å². The Labute approximate surface area is 138 Å². The van der Waals surface area contributed by atoms with Gasteiger partial charge in [0.05, 0.1) is 23.2 Å². The summed E-state index contributed by atoms with van der Waals surface area (Å²) in [7, 11) is 1.44. The summed E-state index contributed by atoms with van der Waals surface area (Å²) in [5.74, 6) is -0.736. The van der Waals surface area contributed by atoms with Crippen molar-refractivity contribution in [2.45, 2.75) is 6.92 Å². The van der Waals surface area contributed by atoms with Gasteiger partial charge in [-0.05, 0) is 31.2 Å². The Balaban J connectivity index is 2.06. The minimum absolute atomic E-state index is 0.0864. The SMILES string of the molecule is COc1ccccc1C(=O)COC(=O)c1ccc([N+](=O)[O-])c(C)c1. The van der Waals surface area contributed by atoms with Crippen LogP contribution in [0.1, 0.15) is 26.3 Å². The Bertz CT molecular complexity index is 799. The second-order valence-electron chi connectivity index (χ2n) is 4.96. The quantitative estimate of drug-likeness (QED) is 0.350. The summed E-state index contributed by atoms with van der Waals surface area (Å²) < 4.78 is 10.1. The van der Waals surface area contributed by atoms with Gasteiger partial charge < -0.3 is 9.47 Å². The first-order valence-corrected chi connectivity index (χ1v) is 7.02. The fourth-order valence-corrected chi connectivity index (χ4v) is 2.15. The number of benzene rings is 2. The number of aryl methyl sites for hydroxylation is 1. The fraction of sp³-hybridized carbons (Fsp3) is 0.176. The highest BCUT2D eigenvalue weighted by Crippen LogP contribution is 2.20. The van der Waals surface area contributed by atoms with E-state index in [1.165, 1.54) is 32.2 Å². The van der Waals surface area contributed by atoms with Crippen LogP contribution in [0.5, 0.6) is 5.75 Å². The molecule has 2 rings (SSSR count). The standard InChI is InChI=1S/C17H15NO6/c1-11-9-12(7-8-14(11)18(21)22)17(20)24-10-15(19)13-5-3-4-6-16(13)23-2/h3-9H,10H2,1-2H3. The molecule has 0 unspecified atom stereocenters. The largest absolute Gasteiger partial charge is 0.496 e. The van der Waals surface area contributed by atoms with Crippen LogP contribution in [0, 0.1) is 17.0 Å². The van der Waals surface area contributed by atoms with E-state index < -0.39 is 23.3 Å². The normalized spacial score (nSPS) is 10.1. The minimum Gasteiger partial charge on any atom is -0.496 e. The zero-order valence-electron chi connectivity index (χ0n) is 13.1. The van der Waals surface area contributed by atoms with Crippen LogP contribution >= 0.6 is 0 Å². The smallest absolute Gasteiger partial charge is 0.338 e. The second-order valence-corrected chi connectivity index (χ2v) is 4.96. The van der Waals surface area contributed by atoms with Crippen molar-refractivity contribution in [3.8, 4) is 5.75 Å². The van der Waals surface area contributed by atoms with E-state index in [2.05, 4.69) is 0 Å². The summed E-state index contributed by atoms with van der Waals surface area (Å²) in [5, 5.41) is 10.8. The highest BCUT2D eigenvalue weighted by Gasteiger charge is 2.17. The summed E-state index contributed by atoms with van der Waals surface area (Å²) in [6.45, 7) is 1.07. The topological polar surface area (TPSA) is 95.7 Å². The van der Waals surface area contributed by atoms with Gasteiger partial charge in [0.15, 0.2) is 6.61 Å². The number of esters is 1. The van der Waals surface area contributed by atoms with Crippen LogP contribution in [0.25, 0.3) is 0 Å². The first-order chi connectivity index (χ1) is 11.4. The lowest BCUT2D eigenvalue weighted by molar-refractivity contribution is -0.385. The highest BCUT2D eigenvalue weighted by molar-refractivity contribution is 6.01. The third kappa shape index (κ3) is 3.75. The first kappa shape index (κ1) is 17.1. The summed E-state index contributed by atoms with van der Waals surface area (Å²) >= 11 is 0. The number of hydrogen-bond donors (Lipinski definition) is 0. The number of ketones is 1. The van der Waals surface area contributed by atoms with Crippen molar-refractivity contribution in [2.75, 3.05) is 13.7 Å². The summed E-state index contributed by atoms with van der Waals surface area (Å²) in [5.41, 5.74) is 0.709. The number of ether oxygens (including phenoxy) is 2. The summed E-state index contributed by atoms with van der Waals surface area (Å²) in [6, 6.07) is 10.5. The molecule has 0 saturated carbocycles. The maximum Gasteiger partial charge on any atom is 0.338 e. The second kappa shape index (κ2) is 7.36. The molecule has 0 atom stereocenters. The van der Waals surface area contributed by atoms with E-state index in [-0.39, 0.29) is 11.3 Å². The summed E-state index contributed by atoms with van der Waals surface area (Å²) in [4.78, 5) is 34.4. The van der Waals surface area contributed by atoms with Crippen LogP contribution < -0.4 is 4.74 Å². The maximum atomic E-state index is 12.1. The van der Waals surface area contributed by atoms with Crippen LogP contribution in [-0.2, 0) is 4.74 Å². The molecule has 7 heteroatoms. The average molecular weight is 329 g/mol. The Hall–Kier alpha value is -3.22. The van der Waals surface area contributed by atoms with Gasteiger partial charge in [-0.3, -0.25) is 14.9 Å². The number of carbonyl (C=O) groups is 2. The number of nitro benzene ring substituents is 1. The van der Waals surface area contributed by atoms with Crippen molar-refractivity contribution in [3.05, 3.63) is 69.3 Å². The average Bonchev–Trinajstić information content (AvgIpc) is 2.58. The van der Waals surface area contributed by atoms with Gasteiger partial charge in [-0.15, -0.1) is 0 Å². The molecule has 0 bridgehead atoms. The molecule has 24 heavy (non-hydrogen) atoms. The molecule has 0 aliphatic heterocycles. The molecular weight excluding hydrogens is 314 g/mol. The molecule has 0 amide bonds. The first-order valence-electron chi connectivity index (χ1n) is 7.02. The monoisotopic (exact) mass is 329 g/mol. The van der Waals surface area contributed by atoms with Gasteiger partial charge in [0.25, 0.3) is 5.69 Å². The molecular formula is C17H15NO6. The van der Waals surface area contributed by atoms with Gasteiger partial charge in [-0.2, -0.15) is 0 Å². The van der Waals surface area contributed by atoms with Crippen LogP contribution in [0.2, 0.25) is 0 Å². The molecule has 0 heterocycles. The molecule has 0 N–H and O–H groups in total. The molecule has 0 aromatic heterocycles. The molecule has 0 radical (unpaired) electrons. The van der Waals surface area contributed by atoms with Crippen molar-refractivity contribution >= 4 is 17.4 Å². The van der Waals surface area contributed by atoms with Crippen LogP contribution in [0.15, 0.2) is 42.5 Å². The number of nitrogens with zero attached hydrogens (tertiary/aromatic N) is 1. The van der Waals surface area contributed by atoms with Crippen LogP contribution in [0.4, 0.5) is 5.69 Å². The lowest BCUT2D eigenvalue weighted by Crippen LogP contribution is -2.15. The van der Waals surface area contributed by atoms with Crippen molar-refractivity contribution < 1.29 is 24.0 Å². The molecule has 124 valence electrons. The van der Waals surface area contributed by atoms with Crippen LogP contribution in [0.3, 0.4) is 0 Å². The number of methoxy groups -OCH3 is 1. The zero-order chi connectivity index (χ0) is 17.7. The molecule has 7 nitrogen and oxygen atoms in total. The van der Waals surface area contributed by atoms with Crippen LogP contribution in [-0.4, -0.2) is 30.4 Å². The fourth-order valence-electron chi connectivity index (χ4n) is 2.15. The molecule has 0 spiro atoms. The van der Waals surface area contributed by atoms with Gasteiger partial charge in [0, 0.05) is 11.6 Å². The van der Waals surface area contributed by atoms with Gasteiger partial charge in [0.2, 0.25) is 5.78 Å². The number of para-hydroxylation sites is 1. The van der Waals surface area contributed by atoms with Gasteiger partial charge in [-0.1, -0.05) is 12.1 Å². The van der Waals surface area contributed by atoms with E-state index in [0.29, 0.717) is 16.9 Å². The number of Topliss-reactive ketones (excluding diaryl/α,β-unsaturated/α-hetero) is 1. The third-order valence-corrected chi connectivity index (χ3v) is 3.37. The van der Waals surface area contributed by atoms with E-state index in [1.54, 1.807) is 24.3 Å². The third-order valence-electron chi connectivity index (χ3n) is 3.37. The molecule has 2 aromatic carbocycles. The Morgan fingerprint density at radius 3 is 2.50 bits per heavy atom. The van der Waals surface area contributed by atoms with E-state index in [9.17, 15) is 19.7 Å². The Morgan fingerprint density at radius 1 is 1.17 bits per heavy atom. The minimum atomic E-state index is -0.726. The molecule has 0 fully saturated rings. The van der Waals surface area contributed by atoms with Crippen molar-refractivity contribution in [2.24, 2.45) is 0 Å². The van der Waals surface area contributed by atoms with E-state index in [0.717, 1.165) is 0 Å². The predicted molar refractivity (Wildman–Crippen MR) is 85.4 cm³/mol. The molecule has 0 aliphatic carbocycles. The van der Waals surface area contributed by atoms with E-state index in [4.69, 9.17) is 9.47 Å². The number of rotatable bonds is 6. The van der Waals surface area contributed by atoms with Crippen molar-refractivity contribution in [3.63, 3.8) is 0 Å². The zero-order valence-corrected chi connectivity index (χ0v) is 13.1. The predicted octanol–water partition coefficient (Wildman–Crippen LogP) is 2.95. The Kier molecular flexibility index (Phi) is 5.26. The molecule has 2 aromatic rings. The van der Waals surface area contributed by atoms with E-state index >= 15 is 0 Å². The van der Waals surface area contributed by atoms with E-state index in [1.807, 2.05) is 0 Å². The van der Waals surface area contributed by atoms with Gasteiger partial charge >= 0.3 is 5.97 Å². The molecule has 0 saturated heterocycles. The maximum absolute atomic E-state index is 12.1. The highest BCUT2D eigenvalue weighted by atomic mass is 16.6. The lowest BCUT2D eigenvalue weighted by Gasteiger charge is -2.08. The number of hydrogen-bond acceptors (Lipinski definition) is 6. The molecule has 0 aliphatic rings. The summed E-state index contributed by atoms with van der Waals surface area (Å²) in [6.07, 6.45) is 0. The lowest BCUT2D eigenvalue weighted by atomic mass is 10.1. The van der Waals surface area contributed by atoms with Crippen molar-refractivity contribution in [1.29, 1.82) is 0 Å². The number of carbonyl (C=O) groups excluding carboxylic acids is 2. The van der Waals surface area contributed by atoms with Crippen molar-refractivity contribution in [1.82, 2.24) is 0 Å². The number of nitro groups is 1. The van der Waals surface area contributed by atoms with Gasteiger partial charge in [-0.25, -0.2) is 4.79 Å².